The number of fused-ring (bicyclic) bond motifs is 1. The molecule has 2 heterocycles. The summed E-state index contributed by atoms with van der Waals surface area (Å²) in [6, 6.07) is 5.17. The predicted molar refractivity (Wildman–Crippen MR) is 70.4 cm³/mol. The first kappa shape index (κ1) is 12.8. The highest BCUT2D eigenvalue weighted by Gasteiger charge is 2.27. The van der Waals surface area contributed by atoms with Crippen LogP contribution in [-0.4, -0.2) is 36.6 Å². The number of amides is 2. The molecule has 2 amide bonds. The quantitative estimate of drug-likeness (QED) is 0.864. The smallest absolute Gasteiger partial charge is 0.253 e. The third-order valence-corrected chi connectivity index (χ3v) is 3.80. The summed E-state index contributed by atoms with van der Waals surface area (Å²) in [6.45, 7) is 1.30. The minimum absolute atomic E-state index is 0.0498. The van der Waals surface area contributed by atoms with Gasteiger partial charge in [-0.3, -0.25) is 9.59 Å². The number of primary amides is 1. The molecule has 0 spiro atoms. The van der Waals surface area contributed by atoms with Crippen LogP contribution in [0.15, 0.2) is 18.2 Å². The lowest BCUT2D eigenvalue weighted by molar-refractivity contribution is -0.123. The van der Waals surface area contributed by atoms with Gasteiger partial charge < -0.3 is 20.1 Å². The van der Waals surface area contributed by atoms with Crippen LogP contribution in [0, 0.1) is 5.92 Å². The van der Waals surface area contributed by atoms with Crippen LogP contribution in [0.4, 0.5) is 0 Å². The van der Waals surface area contributed by atoms with E-state index in [0.29, 0.717) is 43.0 Å². The minimum atomic E-state index is -0.278. The Morgan fingerprint density at radius 2 is 1.85 bits per heavy atom. The molecule has 0 aliphatic carbocycles. The number of carbonyl (C=O) groups excluding carboxylic acids is 2. The monoisotopic (exact) mass is 276 g/mol. The fraction of sp³-hybridized carbons (Fsp3) is 0.429. The third-order valence-electron chi connectivity index (χ3n) is 3.80. The standard InChI is InChI=1S/C14H16N2O4/c15-13(17)9-3-5-16(6-4-9)14(18)10-1-2-11-12(7-10)20-8-19-11/h1-2,7,9H,3-6,8H2,(H2,15,17). The van der Waals surface area contributed by atoms with Crippen LogP contribution in [0.2, 0.25) is 0 Å². The Balaban J connectivity index is 1.69. The first-order valence-electron chi connectivity index (χ1n) is 6.63. The van der Waals surface area contributed by atoms with Gasteiger partial charge in [-0.2, -0.15) is 0 Å². The SMILES string of the molecule is NC(=O)C1CCN(C(=O)c2ccc3c(c2)OCO3)CC1. The van der Waals surface area contributed by atoms with Gasteiger partial charge in [0.05, 0.1) is 0 Å². The molecule has 0 saturated carbocycles. The van der Waals surface area contributed by atoms with Crippen LogP contribution in [0.1, 0.15) is 23.2 Å². The maximum atomic E-state index is 12.4. The van der Waals surface area contributed by atoms with E-state index in [1.165, 1.54) is 0 Å². The summed E-state index contributed by atoms with van der Waals surface area (Å²) in [5.41, 5.74) is 5.86. The minimum Gasteiger partial charge on any atom is -0.454 e. The largest absolute Gasteiger partial charge is 0.454 e. The lowest BCUT2D eigenvalue weighted by Gasteiger charge is -2.30. The van der Waals surface area contributed by atoms with Crippen molar-refractivity contribution in [3.63, 3.8) is 0 Å². The van der Waals surface area contributed by atoms with Gasteiger partial charge >= 0.3 is 0 Å². The van der Waals surface area contributed by atoms with Crippen LogP contribution in [-0.2, 0) is 4.79 Å². The van der Waals surface area contributed by atoms with Crippen LogP contribution < -0.4 is 15.2 Å². The number of rotatable bonds is 2. The Morgan fingerprint density at radius 3 is 2.55 bits per heavy atom. The Hall–Kier alpha value is -2.24. The molecule has 6 nitrogen and oxygen atoms in total. The van der Waals surface area contributed by atoms with E-state index in [1.54, 1.807) is 23.1 Å². The topological polar surface area (TPSA) is 81.9 Å². The van der Waals surface area contributed by atoms with Crippen LogP contribution in [0.3, 0.4) is 0 Å². The molecule has 6 heteroatoms. The van der Waals surface area contributed by atoms with Crippen molar-refractivity contribution >= 4 is 11.8 Å². The molecule has 0 atom stereocenters. The van der Waals surface area contributed by atoms with Crippen molar-refractivity contribution in [2.24, 2.45) is 11.7 Å². The number of nitrogens with zero attached hydrogens (tertiary/aromatic N) is 1. The number of hydrogen-bond donors (Lipinski definition) is 1. The Morgan fingerprint density at radius 1 is 1.15 bits per heavy atom. The van der Waals surface area contributed by atoms with Gasteiger partial charge in [-0.15, -0.1) is 0 Å². The molecule has 0 radical (unpaired) electrons. The van der Waals surface area contributed by atoms with E-state index in [2.05, 4.69) is 0 Å². The van der Waals surface area contributed by atoms with Crippen LogP contribution in [0.25, 0.3) is 0 Å². The van der Waals surface area contributed by atoms with E-state index in [0.717, 1.165) is 0 Å². The van der Waals surface area contributed by atoms with E-state index >= 15 is 0 Å². The summed E-state index contributed by atoms with van der Waals surface area (Å²) >= 11 is 0. The van der Waals surface area contributed by atoms with E-state index in [-0.39, 0.29) is 24.5 Å². The number of hydrogen-bond acceptors (Lipinski definition) is 4. The molecule has 1 aromatic carbocycles. The summed E-state index contributed by atoms with van der Waals surface area (Å²) < 4.78 is 10.5. The molecule has 0 aromatic heterocycles. The highest BCUT2D eigenvalue weighted by atomic mass is 16.7. The average Bonchev–Trinajstić information content (AvgIpc) is 2.94. The van der Waals surface area contributed by atoms with Crippen molar-refractivity contribution in [2.75, 3.05) is 19.9 Å². The molecule has 2 aliphatic heterocycles. The van der Waals surface area contributed by atoms with Crippen LogP contribution >= 0.6 is 0 Å². The summed E-state index contributed by atoms with van der Waals surface area (Å²) in [7, 11) is 0. The Kier molecular flexibility index (Phi) is 3.22. The van der Waals surface area contributed by atoms with Gasteiger partial charge in [0.15, 0.2) is 11.5 Å². The van der Waals surface area contributed by atoms with Gasteiger partial charge in [-0.1, -0.05) is 0 Å². The number of likely N-dealkylation sites (tertiary alicyclic amines) is 1. The predicted octanol–water partition coefficient (Wildman–Crippen LogP) is 0.753. The number of ether oxygens (including phenoxy) is 2. The fourth-order valence-electron chi connectivity index (χ4n) is 2.58. The van der Waals surface area contributed by atoms with Crippen molar-refractivity contribution in [3.8, 4) is 11.5 Å². The number of piperidine rings is 1. The molecule has 0 unspecified atom stereocenters. The molecule has 106 valence electrons. The number of nitrogens with two attached hydrogens (primary N) is 1. The van der Waals surface area contributed by atoms with Gasteiger partial charge in [0, 0.05) is 24.6 Å². The Labute approximate surface area is 116 Å². The molecule has 2 N–H and O–H groups in total. The molecule has 20 heavy (non-hydrogen) atoms. The number of benzene rings is 1. The maximum absolute atomic E-state index is 12.4. The second-order valence-corrected chi connectivity index (χ2v) is 5.04. The molecule has 1 fully saturated rings. The summed E-state index contributed by atoms with van der Waals surface area (Å²) in [6.07, 6.45) is 1.26. The Bertz CT molecular complexity index is 550. The van der Waals surface area contributed by atoms with Crippen molar-refractivity contribution in [1.82, 2.24) is 4.90 Å². The molecule has 1 aromatic rings. The highest BCUT2D eigenvalue weighted by Crippen LogP contribution is 2.33. The van der Waals surface area contributed by atoms with Crippen molar-refractivity contribution in [3.05, 3.63) is 23.8 Å². The van der Waals surface area contributed by atoms with Crippen molar-refractivity contribution in [1.29, 1.82) is 0 Å². The van der Waals surface area contributed by atoms with Gasteiger partial charge in [-0.05, 0) is 31.0 Å². The zero-order valence-corrected chi connectivity index (χ0v) is 11.0. The van der Waals surface area contributed by atoms with Gasteiger partial charge in [-0.25, -0.2) is 0 Å². The maximum Gasteiger partial charge on any atom is 0.253 e. The van der Waals surface area contributed by atoms with E-state index in [9.17, 15) is 9.59 Å². The van der Waals surface area contributed by atoms with E-state index < -0.39 is 0 Å². The third kappa shape index (κ3) is 2.29. The van der Waals surface area contributed by atoms with Crippen LogP contribution in [0.5, 0.6) is 11.5 Å². The zero-order chi connectivity index (χ0) is 14.1. The van der Waals surface area contributed by atoms with Gasteiger partial charge in [0.25, 0.3) is 5.91 Å². The zero-order valence-electron chi connectivity index (χ0n) is 11.0. The molecule has 0 bridgehead atoms. The molecular formula is C14H16N2O4. The molecular weight excluding hydrogens is 260 g/mol. The van der Waals surface area contributed by atoms with Gasteiger partial charge in [0.2, 0.25) is 12.7 Å². The van der Waals surface area contributed by atoms with E-state index in [1.807, 2.05) is 0 Å². The van der Waals surface area contributed by atoms with Crippen molar-refractivity contribution < 1.29 is 19.1 Å². The molecule has 3 rings (SSSR count). The fourth-order valence-corrected chi connectivity index (χ4v) is 2.58. The summed E-state index contributed by atoms with van der Waals surface area (Å²) in [5.74, 6) is 0.819. The second kappa shape index (κ2) is 5.03. The first-order chi connectivity index (χ1) is 9.65. The van der Waals surface area contributed by atoms with E-state index in [4.69, 9.17) is 15.2 Å². The first-order valence-corrected chi connectivity index (χ1v) is 6.63. The lowest BCUT2D eigenvalue weighted by Crippen LogP contribution is -2.41. The number of carbonyl (C=O) groups is 2. The molecule has 2 aliphatic rings. The second-order valence-electron chi connectivity index (χ2n) is 5.04. The highest BCUT2D eigenvalue weighted by molar-refractivity contribution is 5.95. The van der Waals surface area contributed by atoms with Crippen molar-refractivity contribution in [2.45, 2.75) is 12.8 Å². The normalized spacial score (nSPS) is 18.1. The van der Waals surface area contributed by atoms with Gasteiger partial charge in [0.1, 0.15) is 0 Å². The summed E-state index contributed by atoms with van der Waals surface area (Å²) in [5, 5.41) is 0. The molecule has 1 saturated heterocycles. The lowest BCUT2D eigenvalue weighted by atomic mass is 9.96. The average molecular weight is 276 g/mol. The summed E-state index contributed by atoms with van der Waals surface area (Å²) in [4.78, 5) is 25.3.